The maximum Gasteiger partial charge on any atom is 0.269 e. The van der Waals surface area contributed by atoms with Crippen LogP contribution < -0.4 is 5.32 Å². The number of amides is 1. The van der Waals surface area contributed by atoms with Crippen LogP contribution in [0.5, 0.6) is 0 Å². The molecule has 0 saturated heterocycles. The Bertz CT molecular complexity index is 911. The molecule has 0 unspecified atom stereocenters. The molecule has 0 aliphatic heterocycles. The monoisotopic (exact) mass is 355 g/mol. The summed E-state index contributed by atoms with van der Waals surface area (Å²) in [4.78, 5) is 12.3. The van der Waals surface area contributed by atoms with Gasteiger partial charge in [-0.2, -0.15) is 10.2 Å². The largest absolute Gasteiger partial charge is 0.350 e. The highest BCUT2D eigenvalue weighted by molar-refractivity contribution is 5.93. The third-order valence-corrected chi connectivity index (χ3v) is 4.45. The first kappa shape index (κ1) is 17.8. The molecule has 0 atom stereocenters. The predicted octanol–water partition coefficient (Wildman–Crippen LogP) is 3.02. The fraction of sp³-hybridized carbons (Fsp3) is 0.316. The van der Waals surface area contributed by atoms with Crippen LogP contribution in [0.2, 0.25) is 0 Å². The molecule has 2 N–H and O–H groups in total. The molecule has 0 aliphatic rings. The lowest BCUT2D eigenvalue weighted by atomic mass is 10.1. The molecule has 7 heteroatoms. The number of aryl methyl sites for hydroxylation is 2. The van der Waals surface area contributed by atoms with Gasteiger partial charge in [0.25, 0.3) is 5.91 Å². The van der Waals surface area contributed by atoms with E-state index in [0.717, 1.165) is 29.9 Å². The molecule has 1 aromatic carbocycles. The molecule has 3 rings (SSSR count). The lowest BCUT2D eigenvalue weighted by Crippen LogP contribution is -2.26. The number of hydrogen-bond donors (Lipinski definition) is 2. The van der Waals surface area contributed by atoms with Gasteiger partial charge in [-0.05, 0) is 63.1 Å². The summed E-state index contributed by atoms with van der Waals surface area (Å²) in [6.45, 7) is 7.44. The van der Waals surface area contributed by atoms with E-state index in [-0.39, 0.29) is 11.7 Å². The molecule has 26 heavy (non-hydrogen) atoms. The van der Waals surface area contributed by atoms with Crippen molar-refractivity contribution in [3.8, 4) is 11.3 Å². The van der Waals surface area contributed by atoms with Gasteiger partial charge in [0.2, 0.25) is 0 Å². The topological polar surface area (TPSA) is 75.6 Å². The van der Waals surface area contributed by atoms with E-state index in [0.29, 0.717) is 17.9 Å². The van der Waals surface area contributed by atoms with Gasteiger partial charge in [-0.15, -0.1) is 0 Å². The smallest absolute Gasteiger partial charge is 0.269 e. The summed E-state index contributed by atoms with van der Waals surface area (Å²) in [7, 11) is 0. The second-order valence-electron chi connectivity index (χ2n) is 6.14. The van der Waals surface area contributed by atoms with Gasteiger partial charge in [-0.25, -0.2) is 4.39 Å². The highest BCUT2D eigenvalue weighted by atomic mass is 19.1. The zero-order valence-corrected chi connectivity index (χ0v) is 15.1. The van der Waals surface area contributed by atoms with Gasteiger partial charge < -0.3 is 5.32 Å². The molecular weight excluding hydrogens is 333 g/mol. The van der Waals surface area contributed by atoms with E-state index in [9.17, 15) is 9.18 Å². The lowest BCUT2D eigenvalue weighted by Gasteiger charge is -2.05. The maximum atomic E-state index is 13.0. The van der Waals surface area contributed by atoms with Crippen molar-refractivity contribution >= 4 is 5.91 Å². The number of nitrogens with one attached hydrogen (secondary N) is 2. The van der Waals surface area contributed by atoms with Crippen molar-refractivity contribution in [3.05, 3.63) is 58.8 Å². The van der Waals surface area contributed by atoms with Crippen LogP contribution in [-0.4, -0.2) is 32.4 Å². The van der Waals surface area contributed by atoms with Gasteiger partial charge in [-0.3, -0.25) is 14.6 Å². The zero-order valence-electron chi connectivity index (χ0n) is 15.1. The van der Waals surface area contributed by atoms with Crippen LogP contribution in [0.1, 0.15) is 34.4 Å². The first-order valence-corrected chi connectivity index (χ1v) is 8.62. The highest BCUT2D eigenvalue weighted by Gasteiger charge is 2.13. The number of nitrogens with zero attached hydrogens (tertiary/aromatic N) is 3. The van der Waals surface area contributed by atoms with Gasteiger partial charge in [-0.1, -0.05) is 0 Å². The van der Waals surface area contributed by atoms with Gasteiger partial charge in [0, 0.05) is 24.3 Å². The summed E-state index contributed by atoms with van der Waals surface area (Å²) in [5.74, 6) is -0.525. The van der Waals surface area contributed by atoms with Crippen molar-refractivity contribution in [1.29, 1.82) is 0 Å². The summed E-state index contributed by atoms with van der Waals surface area (Å²) in [5.41, 5.74) is 5.04. The Morgan fingerprint density at radius 2 is 2.00 bits per heavy atom. The number of carbonyl (C=O) groups excluding carboxylic acids is 1. The SMILES string of the molecule is CCn1nc(C)c(CCNC(=O)c2cc(-c3ccc(F)cc3)n[nH]2)c1C. The summed E-state index contributed by atoms with van der Waals surface area (Å²) < 4.78 is 15.0. The zero-order chi connectivity index (χ0) is 18.7. The van der Waals surface area contributed by atoms with Gasteiger partial charge in [0.15, 0.2) is 0 Å². The first-order valence-electron chi connectivity index (χ1n) is 8.62. The fourth-order valence-electron chi connectivity index (χ4n) is 3.01. The van der Waals surface area contributed by atoms with Crippen molar-refractivity contribution in [2.45, 2.75) is 33.7 Å². The van der Waals surface area contributed by atoms with Crippen molar-refractivity contribution in [1.82, 2.24) is 25.3 Å². The summed E-state index contributed by atoms with van der Waals surface area (Å²) in [6.07, 6.45) is 0.725. The van der Waals surface area contributed by atoms with E-state index >= 15 is 0 Å². The van der Waals surface area contributed by atoms with E-state index in [1.54, 1.807) is 18.2 Å². The number of hydrogen-bond acceptors (Lipinski definition) is 3. The fourth-order valence-corrected chi connectivity index (χ4v) is 3.01. The lowest BCUT2D eigenvalue weighted by molar-refractivity contribution is 0.0949. The second-order valence-corrected chi connectivity index (χ2v) is 6.14. The Morgan fingerprint density at radius 3 is 2.65 bits per heavy atom. The number of rotatable bonds is 6. The molecule has 136 valence electrons. The van der Waals surface area contributed by atoms with Gasteiger partial charge >= 0.3 is 0 Å². The molecule has 1 amide bonds. The first-order chi connectivity index (χ1) is 12.5. The minimum atomic E-state index is -0.306. The Balaban J connectivity index is 1.61. The molecule has 2 heterocycles. The Morgan fingerprint density at radius 1 is 1.27 bits per heavy atom. The summed E-state index contributed by atoms with van der Waals surface area (Å²) in [5, 5.41) is 14.2. The predicted molar refractivity (Wildman–Crippen MR) is 97.4 cm³/mol. The number of benzene rings is 1. The summed E-state index contributed by atoms with van der Waals surface area (Å²) >= 11 is 0. The minimum absolute atomic E-state index is 0.218. The maximum absolute atomic E-state index is 13.0. The molecule has 0 saturated carbocycles. The number of H-pyrrole nitrogens is 1. The average Bonchev–Trinajstić information content (AvgIpc) is 3.22. The third kappa shape index (κ3) is 3.66. The molecule has 0 bridgehead atoms. The standard InChI is InChI=1S/C19H22FN5O/c1-4-25-13(3)16(12(2)24-25)9-10-21-19(26)18-11-17(22-23-18)14-5-7-15(20)8-6-14/h5-8,11H,4,9-10H2,1-3H3,(H,21,26)(H,22,23). The minimum Gasteiger partial charge on any atom is -0.350 e. The number of halogens is 1. The molecule has 3 aromatic rings. The van der Waals surface area contributed by atoms with Crippen molar-refractivity contribution in [2.24, 2.45) is 0 Å². The van der Waals surface area contributed by atoms with Crippen LogP contribution in [0.25, 0.3) is 11.3 Å². The Labute approximate surface area is 151 Å². The van der Waals surface area contributed by atoms with Crippen LogP contribution in [0.15, 0.2) is 30.3 Å². The van der Waals surface area contributed by atoms with Crippen molar-refractivity contribution in [3.63, 3.8) is 0 Å². The molecule has 0 radical (unpaired) electrons. The molecule has 2 aromatic heterocycles. The van der Waals surface area contributed by atoms with E-state index in [4.69, 9.17) is 0 Å². The summed E-state index contributed by atoms with van der Waals surface area (Å²) in [6, 6.07) is 7.65. The number of aromatic nitrogens is 4. The van der Waals surface area contributed by atoms with Crippen molar-refractivity contribution < 1.29 is 9.18 Å². The van der Waals surface area contributed by atoms with Crippen LogP contribution in [0, 0.1) is 19.7 Å². The van der Waals surface area contributed by atoms with E-state index in [1.165, 1.54) is 17.7 Å². The van der Waals surface area contributed by atoms with Gasteiger partial charge in [0.1, 0.15) is 11.5 Å². The van der Waals surface area contributed by atoms with Crippen LogP contribution in [-0.2, 0) is 13.0 Å². The average molecular weight is 355 g/mol. The van der Waals surface area contributed by atoms with Crippen molar-refractivity contribution in [2.75, 3.05) is 6.54 Å². The van der Waals surface area contributed by atoms with E-state index < -0.39 is 0 Å². The number of carbonyl (C=O) groups is 1. The van der Waals surface area contributed by atoms with Crippen LogP contribution >= 0.6 is 0 Å². The molecule has 0 spiro atoms. The third-order valence-electron chi connectivity index (χ3n) is 4.45. The number of aromatic amines is 1. The Kier molecular flexibility index (Phi) is 5.16. The molecule has 6 nitrogen and oxygen atoms in total. The molecular formula is C19H22FN5O. The quantitative estimate of drug-likeness (QED) is 0.714. The molecule has 0 aliphatic carbocycles. The normalized spacial score (nSPS) is 10.9. The Hall–Kier alpha value is -2.96. The molecule has 0 fully saturated rings. The van der Waals surface area contributed by atoms with Gasteiger partial charge in [0.05, 0.1) is 11.4 Å². The highest BCUT2D eigenvalue weighted by Crippen LogP contribution is 2.18. The van der Waals surface area contributed by atoms with Crippen LogP contribution in [0.3, 0.4) is 0 Å². The van der Waals surface area contributed by atoms with E-state index in [1.807, 2.05) is 18.5 Å². The second kappa shape index (κ2) is 7.51. The van der Waals surface area contributed by atoms with Crippen LogP contribution in [0.4, 0.5) is 4.39 Å². The van der Waals surface area contributed by atoms with E-state index in [2.05, 4.69) is 27.5 Å².